The van der Waals surface area contributed by atoms with Gasteiger partial charge in [-0.15, -0.1) is 0 Å². The maximum atomic E-state index is 12.1. The number of benzene rings is 1. The number of esters is 1. The Morgan fingerprint density at radius 2 is 1.79 bits per heavy atom. The predicted molar refractivity (Wildman–Crippen MR) is 165 cm³/mol. The maximum Gasteiger partial charge on any atom is 0.305 e. The van der Waals surface area contributed by atoms with Crippen LogP contribution in [0, 0.1) is 46.3 Å². The van der Waals surface area contributed by atoms with Crippen molar-refractivity contribution >= 4 is 5.97 Å². The number of hydrogen-bond acceptors (Lipinski definition) is 7. The zero-order valence-electron chi connectivity index (χ0n) is 27.2. The lowest BCUT2D eigenvalue weighted by atomic mass is 9.43. The number of carbonyl (C=O) groups is 1. The Hall–Kier alpha value is -1.51. The summed E-state index contributed by atoms with van der Waals surface area (Å²) in [5, 5.41) is 10.7. The number of fused-ring (bicyclic) bond motifs is 5. The molecule has 1 aromatic carbocycles. The van der Waals surface area contributed by atoms with Gasteiger partial charge in [-0.05, 0) is 97.9 Å². The van der Waals surface area contributed by atoms with E-state index in [0.717, 1.165) is 51.4 Å². The summed E-state index contributed by atoms with van der Waals surface area (Å²) in [5.41, 5.74) is 1.34. The van der Waals surface area contributed by atoms with Crippen LogP contribution in [0.1, 0.15) is 84.1 Å². The first-order valence-electron chi connectivity index (χ1n) is 16.8. The zero-order chi connectivity index (χ0) is 30.6. The molecule has 0 spiro atoms. The highest BCUT2D eigenvalue weighted by molar-refractivity contribution is 5.69. The van der Waals surface area contributed by atoms with Gasteiger partial charge in [0.2, 0.25) is 0 Å². The predicted octanol–water partition coefficient (Wildman–Crippen LogP) is 6.41. The first kappa shape index (κ1) is 32.9. The average Bonchev–Trinajstić information content (AvgIpc) is 3.37. The molecule has 4 fully saturated rings. The summed E-state index contributed by atoms with van der Waals surface area (Å²) < 4.78 is 29.7. The minimum Gasteiger partial charge on any atom is -0.469 e. The van der Waals surface area contributed by atoms with Crippen molar-refractivity contribution in [2.24, 2.45) is 46.3 Å². The maximum absolute atomic E-state index is 12.1. The summed E-state index contributed by atoms with van der Waals surface area (Å²) in [4.78, 5) is 12.1. The van der Waals surface area contributed by atoms with Gasteiger partial charge in [0.05, 0.1) is 45.2 Å². The molecule has 0 aliphatic heterocycles. The molecule has 242 valence electrons. The Kier molecular flexibility index (Phi) is 10.9. The van der Waals surface area contributed by atoms with Gasteiger partial charge in [-0.2, -0.15) is 0 Å². The van der Waals surface area contributed by atoms with E-state index in [9.17, 15) is 9.90 Å². The van der Waals surface area contributed by atoms with E-state index in [1.807, 2.05) is 0 Å². The van der Waals surface area contributed by atoms with Gasteiger partial charge in [-0.1, -0.05) is 51.1 Å². The monoisotopic (exact) mass is 600 g/mol. The van der Waals surface area contributed by atoms with E-state index in [1.54, 1.807) is 7.11 Å². The fraction of sp³-hybridized carbons (Fsp3) is 0.806. The molecule has 11 atom stereocenters. The van der Waals surface area contributed by atoms with E-state index in [-0.39, 0.29) is 41.9 Å². The van der Waals surface area contributed by atoms with Crippen LogP contribution in [0.2, 0.25) is 0 Å². The average molecular weight is 601 g/mol. The molecule has 1 N–H and O–H groups in total. The summed E-state index contributed by atoms with van der Waals surface area (Å²) in [6, 6.07) is 10.5. The SMILES string of the molecule is COCCOCO[C@@H]1C[C@@H]2C[C@H](O)CC[C@]2(C)[C@H]2C[C@H](OCc3ccccc3)[C@]3(C)[C@@H]([C@H](C)CCC(=O)OC)CC[C@H]3[C@H]12. The summed E-state index contributed by atoms with van der Waals surface area (Å²) in [6.07, 6.45) is 8.38. The second-order valence-corrected chi connectivity index (χ2v) is 14.5. The van der Waals surface area contributed by atoms with Crippen LogP contribution in [0.3, 0.4) is 0 Å². The molecule has 4 aliphatic rings. The highest BCUT2D eigenvalue weighted by atomic mass is 16.7. The molecule has 0 unspecified atom stereocenters. The van der Waals surface area contributed by atoms with Crippen molar-refractivity contribution in [3.63, 3.8) is 0 Å². The molecule has 0 saturated heterocycles. The Morgan fingerprint density at radius 1 is 1.00 bits per heavy atom. The second-order valence-electron chi connectivity index (χ2n) is 14.5. The van der Waals surface area contributed by atoms with Gasteiger partial charge in [0, 0.05) is 18.9 Å². The van der Waals surface area contributed by atoms with E-state index in [4.69, 9.17) is 23.7 Å². The highest BCUT2D eigenvalue weighted by Gasteiger charge is 2.66. The molecule has 1 aromatic rings. The molecule has 4 aliphatic carbocycles. The Morgan fingerprint density at radius 3 is 2.53 bits per heavy atom. The topological polar surface area (TPSA) is 83.5 Å². The van der Waals surface area contributed by atoms with Gasteiger partial charge >= 0.3 is 5.97 Å². The van der Waals surface area contributed by atoms with Crippen LogP contribution >= 0.6 is 0 Å². The standard InChI is InChI=1S/C36H56O7/c1-24(11-14-33(38)40-5)28-12-13-29-34-30(21-32(36(28,29)3)42-22-25-9-7-6-8-10-25)35(2)16-15-27(37)19-26(35)20-31(34)43-23-41-18-17-39-4/h6-10,24,26-32,34,37H,11-23H2,1-5H3/t24-,26+,27-,28-,29+,30+,31-,32+,34+,35+,36-/m1/s1. The summed E-state index contributed by atoms with van der Waals surface area (Å²) in [6.45, 7) is 9.31. The van der Waals surface area contributed by atoms with Crippen LogP contribution < -0.4 is 0 Å². The molecular weight excluding hydrogens is 544 g/mol. The van der Waals surface area contributed by atoms with Crippen LogP contribution in [0.5, 0.6) is 0 Å². The third-order valence-corrected chi connectivity index (χ3v) is 12.6. The number of ether oxygens (including phenoxy) is 5. The van der Waals surface area contributed by atoms with Crippen LogP contribution in [0.4, 0.5) is 0 Å². The molecule has 0 aromatic heterocycles. The molecule has 7 nitrogen and oxygen atoms in total. The second kappa shape index (κ2) is 14.3. The molecule has 0 amide bonds. The van der Waals surface area contributed by atoms with Crippen molar-refractivity contribution in [3.05, 3.63) is 35.9 Å². The van der Waals surface area contributed by atoms with Gasteiger partial charge in [0.1, 0.15) is 6.79 Å². The van der Waals surface area contributed by atoms with Crippen molar-refractivity contribution in [1.82, 2.24) is 0 Å². The fourth-order valence-corrected chi connectivity index (χ4v) is 10.3. The Balaban J connectivity index is 1.46. The van der Waals surface area contributed by atoms with Gasteiger partial charge in [-0.25, -0.2) is 0 Å². The minimum atomic E-state index is -0.223. The molecule has 7 heteroatoms. The lowest BCUT2D eigenvalue weighted by Gasteiger charge is -2.64. The molecule has 0 radical (unpaired) electrons. The number of hydrogen-bond donors (Lipinski definition) is 1. The molecule has 43 heavy (non-hydrogen) atoms. The molecule has 5 rings (SSSR count). The number of aliphatic hydroxyl groups is 1. The molecule has 0 bridgehead atoms. The van der Waals surface area contributed by atoms with E-state index < -0.39 is 0 Å². The fourth-order valence-electron chi connectivity index (χ4n) is 10.3. The van der Waals surface area contributed by atoms with E-state index in [1.165, 1.54) is 12.7 Å². The highest BCUT2D eigenvalue weighted by Crippen LogP contribution is 2.69. The summed E-state index contributed by atoms with van der Waals surface area (Å²) in [5.74, 6) is 2.50. The van der Waals surface area contributed by atoms with E-state index >= 15 is 0 Å². The van der Waals surface area contributed by atoms with Crippen LogP contribution in [-0.4, -0.2) is 63.6 Å². The Bertz CT molecular complexity index is 1030. The molecule has 0 heterocycles. The molecule has 4 saturated carbocycles. The van der Waals surface area contributed by atoms with Crippen LogP contribution in [0.15, 0.2) is 30.3 Å². The van der Waals surface area contributed by atoms with Crippen molar-refractivity contribution < 1.29 is 33.6 Å². The van der Waals surface area contributed by atoms with E-state index in [0.29, 0.717) is 61.7 Å². The summed E-state index contributed by atoms with van der Waals surface area (Å²) in [7, 11) is 3.17. The van der Waals surface area contributed by atoms with Crippen LogP contribution in [-0.2, 0) is 35.1 Å². The van der Waals surface area contributed by atoms with Gasteiger partial charge in [-0.3, -0.25) is 4.79 Å². The number of aliphatic hydroxyl groups excluding tert-OH is 1. The van der Waals surface area contributed by atoms with Crippen molar-refractivity contribution in [3.8, 4) is 0 Å². The normalized spacial score (nSPS) is 39.4. The van der Waals surface area contributed by atoms with Crippen molar-refractivity contribution in [2.75, 3.05) is 34.2 Å². The minimum absolute atomic E-state index is 0.0264. The van der Waals surface area contributed by atoms with Gasteiger partial charge in [0.25, 0.3) is 0 Å². The van der Waals surface area contributed by atoms with Crippen LogP contribution in [0.25, 0.3) is 0 Å². The van der Waals surface area contributed by atoms with Gasteiger partial charge in [0.15, 0.2) is 0 Å². The third-order valence-electron chi connectivity index (χ3n) is 12.6. The smallest absolute Gasteiger partial charge is 0.305 e. The number of carbonyl (C=O) groups excluding carboxylic acids is 1. The number of methoxy groups -OCH3 is 2. The third kappa shape index (κ3) is 6.72. The quantitative estimate of drug-likeness (QED) is 0.159. The van der Waals surface area contributed by atoms with Gasteiger partial charge < -0.3 is 28.8 Å². The molecular formula is C36H56O7. The van der Waals surface area contributed by atoms with Crippen molar-refractivity contribution in [1.29, 1.82) is 0 Å². The van der Waals surface area contributed by atoms with Crippen molar-refractivity contribution in [2.45, 2.75) is 103 Å². The lowest BCUT2D eigenvalue weighted by molar-refractivity contribution is -0.241. The number of rotatable bonds is 13. The summed E-state index contributed by atoms with van der Waals surface area (Å²) >= 11 is 0. The first-order valence-corrected chi connectivity index (χ1v) is 16.8. The largest absolute Gasteiger partial charge is 0.469 e. The Labute approximate surface area is 259 Å². The van der Waals surface area contributed by atoms with E-state index in [2.05, 4.69) is 51.1 Å². The lowest BCUT2D eigenvalue weighted by Crippen LogP contribution is -2.63. The first-order chi connectivity index (χ1) is 20.7. The zero-order valence-corrected chi connectivity index (χ0v) is 27.2.